The lowest BCUT2D eigenvalue weighted by molar-refractivity contribution is -0.122. The van der Waals surface area contributed by atoms with Crippen LogP contribution in [0.25, 0.3) is 0 Å². The first kappa shape index (κ1) is 25.2. The maximum Gasteiger partial charge on any atom is 0.523 e. The minimum atomic E-state index is -6.16. The summed E-state index contributed by atoms with van der Waals surface area (Å²) < 4.78 is 121. The number of hydrogen-bond acceptors (Lipinski definition) is 10. The summed E-state index contributed by atoms with van der Waals surface area (Å²) in [6, 6.07) is 0. The van der Waals surface area contributed by atoms with Gasteiger partial charge < -0.3 is 20.4 Å². The van der Waals surface area contributed by atoms with Crippen molar-refractivity contribution in [1.82, 2.24) is 0 Å². The average Bonchev–Trinajstić information content (AvgIpc) is 2.46. The highest BCUT2D eigenvalue weighted by Crippen LogP contribution is 2.26. The molecule has 0 saturated heterocycles. The van der Waals surface area contributed by atoms with Crippen LogP contribution < -0.4 is 0 Å². The van der Waals surface area contributed by atoms with E-state index in [1.807, 2.05) is 0 Å². The first-order valence-corrected chi connectivity index (χ1v) is 8.79. The van der Waals surface area contributed by atoms with Gasteiger partial charge in [-0.05, 0) is 0 Å². The average molecular weight is 446 g/mol. The molecule has 0 radical (unpaired) electrons. The van der Waals surface area contributed by atoms with Gasteiger partial charge in [0.1, 0.15) is 24.4 Å². The molecule has 10 nitrogen and oxygen atoms in total. The Balaban J connectivity index is 4.77. The Hall–Kier alpha value is -0.760. The molecule has 0 saturated carbocycles. The van der Waals surface area contributed by atoms with Gasteiger partial charge in [-0.15, -0.1) is 0 Å². The molecule has 0 bridgehead atoms. The first-order chi connectivity index (χ1) is 11.3. The predicted octanol–water partition coefficient (Wildman–Crippen LogP) is -1.84. The molecule has 18 heteroatoms. The second-order valence-electron chi connectivity index (χ2n) is 4.48. The van der Waals surface area contributed by atoms with Crippen LogP contribution in [0.1, 0.15) is 0 Å². The fraction of sp³-hybridized carbons (Fsp3) is 1.00. The van der Waals surface area contributed by atoms with Gasteiger partial charge in [-0.25, -0.2) is 0 Å². The highest BCUT2D eigenvalue weighted by Gasteiger charge is 2.49. The molecule has 0 unspecified atom stereocenters. The van der Waals surface area contributed by atoms with Crippen molar-refractivity contribution >= 4 is 20.2 Å². The van der Waals surface area contributed by atoms with Gasteiger partial charge in [0.05, 0.1) is 13.2 Å². The molecule has 0 aliphatic carbocycles. The van der Waals surface area contributed by atoms with Gasteiger partial charge >= 0.3 is 31.3 Å². The molecule has 0 aromatic carbocycles. The molecule has 0 rings (SSSR count). The lowest BCUT2D eigenvalue weighted by atomic mass is 10.0. The largest absolute Gasteiger partial charge is 0.523 e. The molecule has 0 fully saturated rings. The molecule has 0 aromatic rings. The van der Waals surface area contributed by atoms with Crippen molar-refractivity contribution in [2.45, 2.75) is 35.4 Å². The van der Waals surface area contributed by atoms with E-state index in [1.165, 1.54) is 0 Å². The van der Waals surface area contributed by atoms with Crippen molar-refractivity contribution in [2.75, 3.05) is 13.2 Å². The number of alkyl halides is 6. The van der Waals surface area contributed by atoms with Crippen LogP contribution in [-0.4, -0.2) is 85.9 Å². The molecular weight excluding hydrogens is 434 g/mol. The monoisotopic (exact) mass is 446 g/mol. The van der Waals surface area contributed by atoms with E-state index in [-0.39, 0.29) is 0 Å². The highest BCUT2D eigenvalue weighted by atomic mass is 32.2. The van der Waals surface area contributed by atoms with E-state index in [2.05, 4.69) is 8.37 Å². The molecule has 0 spiro atoms. The fourth-order valence-electron chi connectivity index (χ4n) is 1.10. The Morgan fingerprint density at radius 1 is 0.654 bits per heavy atom. The summed E-state index contributed by atoms with van der Waals surface area (Å²) in [6.45, 7) is -3.51. The number of rotatable bonds is 9. The van der Waals surface area contributed by atoms with Crippen molar-refractivity contribution in [3.63, 3.8) is 0 Å². The summed E-state index contributed by atoms with van der Waals surface area (Å²) >= 11 is 0. The zero-order chi connectivity index (χ0) is 21.1. The van der Waals surface area contributed by atoms with Crippen molar-refractivity contribution in [3.8, 4) is 0 Å². The zero-order valence-corrected chi connectivity index (χ0v) is 13.7. The molecule has 4 N–H and O–H groups in total. The minimum absolute atomic E-state index is 1.76. The second kappa shape index (κ2) is 8.50. The summed E-state index contributed by atoms with van der Waals surface area (Å²) in [4.78, 5) is 0. The van der Waals surface area contributed by atoms with E-state index in [4.69, 9.17) is 0 Å². The molecule has 0 heterocycles. The number of halogens is 6. The van der Waals surface area contributed by atoms with Crippen LogP contribution in [0, 0.1) is 0 Å². The summed E-state index contributed by atoms with van der Waals surface area (Å²) in [5, 5.41) is 37.0. The Kier molecular flexibility index (Phi) is 8.25. The molecule has 0 amide bonds. The zero-order valence-electron chi connectivity index (χ0n) is 12.0. The second-order valence-corrected chi connectivity index (χ2v) is 7.70. The van der Waals surface area contributed by atoms with Gasteiger partial charge in [-0.2, -0.15) is 43.2 Å². The number of aliphatic hydroxyl groups excluding tert-OH is 4. The topological polar surface area (TPSA) is 168 Å². The van der Waals surface area contributed by atoms with Gasteiger partial charge in [0, 0.05) is 0 Å². The standard InChI is InChI=1S/C8H12F6O10S2/c9-7(10,11)25(19,20)23-1-3(15)5(17)6(18)4(16)2-24-26(21,22)8(12,13)14/h3-6,15-18H,1-2H2/t3-,4-,5+,6+/m1/s1. The Bertz CT molecular complexity index is 598. The molecular formula is C8H12F6O10S2. The normalized spacial score (nSPS) is 19.0. The Labute approximate surface area is 141 Å². The smallest absolute Gasteiger partial charge is 0.388 e. The molecule has 0 aliphatic heterocycles. The third-order valence-corrected chi connectivity index (χ3v) is 4.52. The van der Waals surface area contributed by atoms with Crippen molar-refractivity contribution in [2.24, 2.45) is 0 Å². The van der Waals surface area contributed by atoms with Crippen molar-refractivity contribution < 1.29 is 72.0 Å². The van der Waals surface area contributed by atoms with E-state index in [1.54, 1.807) is 0 Å². The van der Waals surface area contributed by atoms with E-state index in [9.17, 15) is 63.6 Å². The van der Waals surface area contributed by atoms with Crippen LogP contribution in [0.5, 0.6) is 0 Å². The van der Waals surface area contributed by atoms with E-state index in [0.717, 1.165) is 0 Å². The quantitative estimate of drug-likeness (QED) is 0.180. The predicted molar refractivity (Wildman–Crippen MR) is 65.9 cm³/mol. The molecule has 26 heavy (non-hydrogen) atoms. The molecule has 4 atom stereocenters. The fourth-order valence-corrected chi connectivity index (χ4v) is 2.01. The van der Waals surface area contributed by atoms with Gasteiger partial charge in [0.15, 0.2) is 0 Å². The molecule has 0 aliphatic rings. The van der Waals surface area contributed by atoms with Crippen LogP contribution in [0.3, 0.4) is 0 Å². The summed E-state index contributed by atoms with van der Waals surface area (Å²) in [5.41, 5.74) is -11.7. The van der Waals surface area contributed by atoms with Gasteiger partial charge in [-0.3, -0.25) is 8.37 Å². The van der Waals surface area contributed by atoms with Gasteiger partial charge in [-0.1, -0.05) is 0 Å². The van der Waals surface area contributed by atoms with Crippen molar-refractivity contribution in [3.05, 3.63) is 0 Å². The minimum Gasteiger partial charge on any atom is -0.388 e. The third kappa shape index (κ3) is 6.76. The number of aliphatic hydroxyl groups is 4. The molecule has 0 aromatic heterocycles. The number of hydrogen-bond donors (Lipinski definition) is 4. The lowest BCUT2D eigenvalue weighted by Crippen LogP contribution is -2.48. The van der Waals surface area contributed by atoms with Gasteiger partial charge in [0.2, 0.25) is 0 Å². The van der Waals surface area contributed by atoms with Crippen LogP contribution in [0.4, 0.5) is 26.3 Å². The lowest BCUT2D eigenvalue weighted by Gasteiger charge is -2.26. The maximum absolute atomic E-state index is 12.0. The van der Waals surface area contributed by atoms with E-state index >= 15 is 0 Å². The van der Waals surface area contributed by atoms with Crippen LogP contribution in [0.15, 0.2) is 0 Å². The van der Waals surface area contributed by atoms with Crippen LogP contribution in [0.2, 0.25) is 0 Å². The van der Waals surface area contributed by atoms with E-state index in [0.29, 0.717) is 0 Å². The Morgan fingerprint density at radius 3 is 1.08 bits per heavy atom. The van der Waals surface area contributed by atoms with E-state index < -0.39 is 68.9 Å². The maximum atomic E-state index is 12.0. The highest BCUT2D eigenvalue weighted by molar-refractivity contribution is 7.87. The summed E-state index contributed by atoms with van der Waals surface area (Å²) in [5.74, 6) is 0. The van der Waals surface area contributed by atoms with Crippen LogP contribution >= 0.6 is 0 Å². The summed E-state index contributed by atoms with van der Waals surface area (Å²) in [6.07, 6.45) is -10.4. The third-order valence-electron chi connectivity index (χ3n) is 2.49. The Morgan fingerprint density at radius 2 is 0.885 bits per heavy atom. The van der Waals surface area contributed by atoms with Crippen molar-refractivity contribution in [1.29, 1.82) is 0 Å². The van der Waals surface area contributed by atoms with Crippen LogP contribution in [-0.2, 0) is 28.6 Å². The summed E-state index contributed by atoms with van der Waals surface area (Å²) in [7, 11) is -12.3. The van der Waals surface area contributed by atoms with Gasteiger partial charge in [0.25, 0.3) is 0 Å². The molecule has 158 valence electrons. The SMILES string of the molecule is O=S(=O)(OC[C@@H](O)[C@H](O)[C@@H](O)[C@H](O)COS(=O)(=O)C(F)(F)F)C(F)(F)F. The first-order valence-electron chi connectivity index (χ1n) is 5.97.